The van der Waals surface area contributed by atoms with Crippen molar-refractivity contribution in [2.45, 2.75) is 12.8 Å². The summed E-state index contributed by atoms with van der Waals surface area (Å²) in [7, 11) is 1.34. The molecule has 23 heavy (non-hydrogen) atoms. The van der Waals surface area contributed by atoms with Gasteiger partial charge in [-0.2, -0.15) is 0 Å². The van der Waals surface area contributed by atoms with Gasteiger partial charge < -0.3 is 15.4 Å². The zero-order valence-electron chi connectivity index (χ0n) is 13.1. The third-order valence-electron chi connectivity index (χ3n) is 3.34. The van der Waals surface area contributed by atoms with Gasteiger partial charge in [0.15, 0.2) is 0 Å². The fourth-order valence-corrected chi connectivity index (χ4v) is 2.17. The Morgan fingerprint density at radius 3 is 2.61 bits per heavy atom. The van der Waals surface area contributed by atoms with Crippen molar-refractivity contribution in [3.05, 3.63) is 59.9 Å². The van der Waals surface area contributed by atoms with Crippen molar-refractivity contribution in [2.75, 3.05) is 19.0 Å². The number of carbonyl (C=O) groups is 2. The van der Waals surface area contributed by atoms with Gasteiger partial charge in [0.05, 0.1) is 13.0 Å². The van der Waals surface area contributed by atoms with Crippen LogP contribution in [0.4, 0.5) is 10.5 Å². The Labute approximate surface area is 134 Å². The first-order valence-electron chi connectivity index (χ1n) is 7.19. The molecule has 0 aliphatic heterocycles. The standard InChI is InChI=1S/C17H19N3O3/c1-12-4-3-5-13(10-12)15(16(21)23-2)11-19-17(22)20-14-6-8-18-9-7-14/h3-10,15H,11H2,1-2H3,(H2,18,19,20,22). The van der Waals surface area contributed by atoms with E-state index in [1.807, 2.05) is 31.2 Å². The highest BCUT2D eigenvalue weighted by atomic mass is 16.5. The van der Waals surface area contributed by atoms with Gasteiger partial charge in [-0.25, -0.2) is 4.79 Å². The van der Waals surface area contributed by atoms with Crippen LogP contribution in [0.15, 0.2) is 48.8 Å². The lowest BCUT2D eigenvalue weighted by Gasteiger charge is -2.16. The Hall–Kier alpha value is -2.89. The lowest BCUT2D eigenvalue weighted by atomic mass is 9.97. The van der Waals surface area contributed by atoms with Crippen LogP contribution in [0.5, 0.6) is 0 Å². The highest BCUT2D eigenvalue weighted by Crippen LogP contribution is 2.18. The van der Waals surface area contributed by atoms with Gasteiger partial charge in [-0.1, -0.05) is 29.8 Å². The number of anilines is 1. The summed E-state index contributed by atoms with van der Waals surface area (Å²) in [4.78, 5) is 27.8. The van der Waals surface area contributed by atoms with E-state index in [0.717, 1.165) is 11.1 Å². The summed E-state index contributed by atoms with van der Waals surface area (Å²) in [5.41, 5.74) is 2.47. The van der Waals surface area contributed by atoms with Crippen molar-refractivity contribution in [1.29, 1.82) is 0 Å². The summed E-state index contributed by atoms with van der Waals surface area (Å²) in [5, 5.41) is 5.37. The topological polar surface area (TPSA) is 80.3 Å². The second-order valence-corrected chi connectivity index (χ2v) is 5.06. The number of methoxy groups -OCH3 is 1. The number of urea groups is 1. The van der Waals surface area contributed by atoms with Crippen molar-refractivity contribution in [3.63, 3.8) is 0 Å². The van der Waals surface area contributed by atoms with Crippen LogP contribution in [-0.2, 0) is 9.53 Å². The Morgan fingerprint density at radius 1 is 1.22 bits per heavy atom. The fourth-order valence-electron chi connectivity index (χ4n) is 2.17. The maximum absolute atomic E-state index is 12.0. The minimum atomic E-state index is -0.553. The monoisotopic (exact) mass is 313 g/mol. The second-order valence-electron chi connectivity index (χ2n) is 5.06. The van der Waals surface area contributed by atoms with E-state index in [0.29, 0.717) is 5.69 Å². The molecule has 0 bridgehead atoms. The number of ether oxygens (including phenoxy) is 1. The molecule has 120 valence electrons. The molecule has 6 nitrogen and oxygen atoms in total. The van der Waals surface area contributed by atoms with Gasteiger partial charge >= 0.3 is 12.0 Å². The van der Waals surface area contributed by atoms with E-state index in [-0.39, 0.29) is 12.5 Å². The molecule has 1 heterocycles. The van der Waals surface area contributed by atoms with Gasteiger partial charge in [-0.15, -0.1) is 0 Å². The van der Waals surface area contributed by atoms with E-state index >= 15 is 0 Å². The molecule has 0 saturated carbocycles. The lowest BCUT2D eigenvalue weighted by molar-refractivity contribution is -0.142. The van der Waals surface area contributed by atoms with E-state index in [2.05, 4.69) is 15.6 Å². The van der Waals surface area contributed by atoms with Crippen LogP contribution in [-0.4, -0.2) is 30.6 Å². The number of amides is 2. The van der Waals surface area contributed by atoms with E-state index in [1.165, 1.54) is 7.11 Å². The van der Waals surface area contributed by atoms with Crippen LogP contribution >= 0.6 is 0 Å². The first-order valence-corrected chi connectivity index (χ1v) is 7.19. The number of aryl methyl sites for hydroxylation is 1. The predicted octanol–water partition coefficient (Wildman–Crippen LogP) is 2.47. The maximum atomic E-state index is 12.0. The molecule has 1 aromatic carbocycles. The van der Waals surface area contributed by atoms with Crippen LogP contribution < -0.4 is 10.6 Å². The highest BCUT2D eigenvalue weighted by molar-refractivity contribution is 5.89. The zero-order chi connectivity index (χ0) is 16.7. The number of nitrogens with one attached hydrogen (secondary N) is 2. The molecule has 2 amide bonds. The summed E-state index contributed by atoms with van der Waals surface area (Å²) < 4.78 is 4.84. The van der Waals surface area contributed by atoms with Gasteiger partial charge in [0.2, 0.25) is 0 Å². The minimum Gasteiger partial charge on any atom is -0.468 e. The van der Waals surface area contributed by atoms with Gasteiger partial charge in [0.1, 0.15) is 0 Å². The van der Waals surface area contributed by atoms with Gasteiger partial charge in [0.25, 0.3) is 0 Å². The molecule has 6 heteroatoms. The number of hydrogen-bond donors (Lipinski definition) is 2. The second kappa shape index (κ2) is 7.93. The quantitative estimate of drug-likeness (QED) is 0.831. The average Bonchev–Trinajstić information content (AvgIpc) is 2.55. The molecule has 0 radical (unpaired) electrons. The number of pyridine rings is 1. The molecule has 0 fully saturated rings. The molecule has 2 N–H and O–H groups in total. The molecule has 0 aliphatic rings. The first-order chi connectivity index (χ1) is 11.1. The van der Waals surface area contributed by atoms with E-state index in [9.17, 15) is 9.59 Å². The van der Waals surface area contributed by atoms with Crippen LogP contribution in [0, 0.1) is 6.92 Å². The summed E-state index contributed by atoms with van der Waals surface area (Å²) in [5.74, 6) is -0.942. The largest absolute Gasteiger partial charge is 0.468 e. The van der Waals surface area contributed by atoms with Crippen molar-refractivity contribution in [2.24, 2.45) is 0 Å². The first kappa shape index (κ1) is 16.5. The number of hydrogen-bond acceptors (Lipinski definition) is 4. The molecule has 0 aliphatic carbocycles. The summed E-state index contributed by atoms with van der Waals surface area (Å²) in [6.45, 7) is 2.09. The molecule has 2 aromatic rings. The third kappa shape index (κ3) is 4.81. The maximum Gasteiger partial charge on any atom is 0.319 e. The summed E-state index contributed by atoms with van der Waals surface area (Å²) in [6.07, 6.45) is 3.17. The molecular formula is C17H19N3O3. The SMILES string of the molecule is COC(=O)C(CNC(=O)Nc1ccncc1)c1cccc(C)c1. The van der Waals surface area contributed by atoms with Gasteiger partial charge in [-0.3, -0.25) is 9.78 Å². The number of rotatable bonds is 5. The Balaban J connectivity index is 2.01. The predicted molar refractivity (Wildman–Crippen MR) is 87.2 cm³/mol. The normalized spacial score (nSPS) is 11.4. The Morgan fingerprint density at radius 2 is 1.96 bits per heavy atom. The van der Waals surface area contributed by atoms with Gasteiger partial charge in [0, 0.05) is 24.6 Å². The number of nitrogens with zero attached hydrogens (tertiary/aromatic N) is 1. The third-order valence-corrected chi connectivity index (χ3v) is 3.34. The van der Waals surface area contributed by atoms with E-state index in [4.69, 9.17) is 4.74 Å². The minimum absolute atomic E-state index is 0.146. The van der Waals surface area contributed by atoms with Crippen molar-refractivity contribution in [1.82, 2.24) is 10.3 Å². The fraction of sp³-hybridized carbons (Fsp3) is 0.235. The average molecular weight is 313 g/mol. The molecule has 1 unspecified atom stereocenters. The van der Waals surface area contributed by atoms with E-state index < -0.39 is 11.9 Å². The van der Waals surface area contributed by atoms with Crippen LogP contribution in [0.3, 0.4) is 0 Å². The van der Waals surface area contributed by atoms with Crippen molar-refractivity contribution in [3.8, 4) is 0 Å². The number of aromatic nitrogens is 1. The Kier molecular flexibility index (Phi) is 5.68. The molecule has 2 rings (SSSR count). The number of carbonyl (C=O) groups excluding carboxylic acids is 2. The zero-order valence-corrected chi connectivity index (χ0v) is 13.1. The summed E-state index contributed by atoms with van der Waals surface area (Å²) in [6, 6.07) is 10.5. The van der Waals surface area contributed by atoms with Crippen LogP contribution in [0.1, 0.15) is 17.0 Å². The number of benzene rings is 1. The van der Waals surface area contributed by atoms with Crippen LogP contribution in [0.25, 0.3) is 0 Å². The molecule has 0 saturated heterocycles. The van der Waals surface area contributed by atoms with Crippen LogP contribution in [0.2, 0.25) is 0 Å². The summed E-state index contributed by atoms with van der Waals surface area (Å²) >= 11 is 0. The van der Waals surface area contributed by atoms with E-state index in [1.54, 1.807) is 24.5 Å². The molecule has 1 aromatic heterocycles. The van der Waals surface area contributed by atoms with Gasteiger partial charge in [-0.05, 0) is 24.6 Å². The smallest absolute Gasteiger partial charge is 0.319 e. The number of esters is 1. The molecule has 0 spiro atoms. The molecule has 1 atom stereocenters. The molecular weight excluding hydrogens is 294 g/mol. The lowest BCUT2D eigenvalue weighted by Crippen LogP contribution is -2.35. The highest BCUT2D eigenvalue weighted by Gasteiger charge is 2.22. The van der Waals surface area contributed by atoms with Crippen molar-refractivity contribution >= 4 is 17.7 Å². The Bertz CT molecular complexity index is 674. The van der Waals surface area contributed by atoms with Crippen molar-refractivity contribution < 1.29 is 14.3 Å².